The van der Waals surface area contributed by atoms with Crippen LogP contribution in [0.1, 0.15) is 10.9 Å². The van der Waals surface area contributed by atoms with Crippen molar-refractivity contribution in [1.29, 1.82) is 0 Å². The number of hydrazine groups is 1. The minimum Gasteiger partial charge on any atom is -0.297 e. The minimum atomic E-state index is 0.471. The van der Waals surface area contributed by atoms with Gasteiger partial charge in [0.2, 0.25) is 0 Å². The highest BCUT2D eigenvalue weighted by Crippen LogP contribution is 2.35. The lowest BCUT2D eigenvalue weighted by Crippen LogP contribution is -2.33. The highest BCUT2D eigenvalue weighted by atomic mass is 32.2. The maximum Gasteiger partial charge on any atom is 0.116 e. The zero-order valence-electron chi connectivity index (χ0n) is 10.9. The van der Waals surface area contributed by atoms with Crippen LogP contribution < -0.4 is 10.7 Å². The van der Waals surface area contributed by atoms with E-state index in [1.165, 1.54) is 17.1 Å². The molecule has 0 radical (unpaired) electrons. The molecule has 0 aromatic heterocycles. The van der Waals surface area contributed by atoms with Crippen LogP contribution in [-0.2, 0) is 0 Å². The lowest BCUT2D eigenvalue weighted by molar-refractivity contribution is 0.304. The monoisotopic (exact) mass is 313 g/mol. The van der Waals surface area contributed by atoms with Gasteiger partial charge in [-0.25, -0.2) is 10.4 Å². The van der Waals surface area contributed by atoms with Gasteiger partial charge >= 0.3 is 0 Å². The molecule has 2 fully saturated rings. The second kappa shape index (κ2) is 6.74. The van der Waals surface area contributed by atoms with E-state index in [0.717, 1.165) is 5.88 Å². The molecule has 2 N–H and O–H groups in total. The molecule has 19 heavy (non-hydrogen) atoms. The topological polar surface area (TPSA) is 27.3 Å². The number of nitrogens with one attached hydrogen (secondary N) is 2. The lowest BCUT2D eigenvalue weighted by atomic mass is 10.2. The van der Waals surface area contributed by atoms with Gasteiger partial charge in [0.15, 0.2) is 0 Å². The Morgan fingerprint density at radius 3 is 2.89 bits per heavy atom. The van der Waals surface area contributed by atoms with Gasteiger partial charge in [-0.3, -0.25) is 5.32 Å². The summed E-state index contributed by atoms with van der Waals surface area (Å²) in [6.45, 7) is 0. The van der Waals surface area contributed by atoms with Crippen molar-refractivity contribution in [2.45, 2.75) is 16.1 Å². The fourth-order valence-corrected chi connectivity index (χ4v) is 6.07. The molecule has 3 atom stereocenters. The number of nitrogens with zero attached hydrogens (tertiary/aromatic N) is 1. The molecular formula is C13H19N3S3. The first-order chi connectivity index (χ1) is 9.33. The van der Waals surface area contributed by atoms with Crippen LogP contribution in [-0.4, -0.2) is 40.2 Å². The van der Waals surface area contributed by atoms with Crippen LogP contribution in [0.15, 0.2) is 30.3 Å². The molecule has 3 unspecified atom stereocenters. The quantitative estimate of drug-likeness (QED) is 0.887. The predicted molar refractivity (Wildman–Crippen MR) is 88.2 cm³/mol. The summed E-state index contributed by atoms with van der Waals surface area (Å²) in [7, 11) is 2.13. The SMILES string of the molecule is CN1NCSC1SCC1CSC(c2ccccc2)N1. The fourth-order valence-electron chi connectivity index (χ4n) is 2.19. The van der Waals surface area contributed by atoms with Crippen molar-refractivity contribution in [3.8, 4) is 0 Å². The van der Waals surface area contributed by atoms with Gasteiger partial charge < -0.3 is 0 Å². The van der Waals surface area contributed by atoms with E-state index in [2.05, 4.69) is 53.1 Å². The van der Waals surface area contributed by atoms with Gasteiger partial charge in [-0.1, -0.05) is 30.3 Å². The third-order valence-corrected chi connectivity index (χ3v) is 7.50. The molecule has 2 heterocycles. The van der Waals surface area contributed by atoms with Crippen molar-refractivity contribution in [2.24, 2.45) is 0 Å². The number of rotatable bonds is 4. The van der Waals surface area contributed by atoms with Crippen LogP contribution in [0.3, 0.4) is 0 Å². The Balaban J connectivity index is 1.47. The fraction of sp³-hybridized carbons (Fsp3) is 0.538. The number of hydrogen-bond acceptors (Lipinski definition) is 6. The minimum absolute atomic E-state index is 0.471. The second-order valence-corrected chi connectivity index (χ2v) is 8.33. The van der Waals surface area contributed by atoms with E-state index in [0.29, 0.717) is 16.1 Å². The molecule has 3 rings (SSSR count). The Kier molecular flexibility index (Phi) is 5.00. The average molecular weight is 314 g/mol. The van der Waals surface area contributed by atoms with E-state index in [4.69, 9.17) is 0 Å². The first-order valence-electron chi connectivity index (χ1n) is 6.45. The maximum atomic E-state index is 3.74. The van der Waals surface area contributed by atoms with Crippen LogP contribution in [0.2, 0.25) is 0 Å². The average Bonchev–Trinajstić information content (AvgIpc) is 3.06. The van der Waals surface area contributed by atoms with Crippen molar-refractivity contribution in [1.82, 2.24) is 15.8 Å². The summed E-state index contributed by atoms with van der Waals surface area (Å²) in [5.41, 5.74) is 4.73. The summed E-state index contributed by atoms with van der Waals surface area (Å²) in [4.78, 5) is 0. The molecule has 2 saturated heterocycles. The van der Waals surface area contributed by atoms with Crippen molar-refractivity contribution in [3.63, 3.8) is 0 Å². The third kappa shape index (κ3) is 3.62. The zero-order valence-corrected chi connectivity index (χ0v) is 13.4. The largest absolute Gasteiger partial charge is 0.297 e. The molecule has 3 nitrogen and oxygen atoms in total. The Labute approximate surface area is 127 Å². The Morgan fingerprint density at radius 1 is 1.32 bits per heavy atom. The molecule has 0 amide bonds. The molecule has 104 valence electrons. The molecule has 2 aliphatic rings. The van der Waals surface area contributed by atoms with Gasteiger partial charge in [0, 0.05) is 24.6 Å². The molecule has 2 aliphatic heterocycles. The normalized spacial score (nSPS) is 31.9. The molecule has 1 aromatic rings. The maximum absolute atomic E-state index is 3.74. The summed E-state index contributed by atoms with van der Waals surface area (Å²) in [6, 6.07) is 11.4. The van der Waals surface area contributed by atoms with Crippen LogP contribution in [0.5, 0.6) is 0 Å². The first kappa shape index (κ1) is 14.1. The standard InChI is InChI=1S/C13H19N3S3/c1-16-13(19-9-14-16)18-8-11-7-17-12(15-11)10-5-3-2-4-6-10/h2-6,11-15H,7-9H2,1H3. The van der Waals surface area contributed by atoms with Gasteiger partial charge in [-0.2, -0.15) is 0 Å². The van der Waals surface area contributed by atoms with E-state index in [1.54, 1.807) is 0 Å². The van der Waals surface area contributed by atoms with Crippen LogP contribution in [0, 0.1) is 0 Å². The Bertz CT molecular complexity index is 403. The molecule has 0 spiro atoms. The molecule has 0 aliphatic carbocycles. The van der Waals surface area contributed by atoms with Gasteiger partial charge in [0.05, 0.1) is 11.3 Å². The van der Waals surface area contributed by atoms with E-state index in [1.807, 2.05) is 35.3 Å². The van der Waals surface area contributed by atoms with Gasteiger partial charge in [0.25, 0.3) is 0 Å². The van der Waals surface area contributed by atoms with Crippen LogP contribution in [0.4, 0.5) is 0 Å². The van der Waals surface area contributed by atoms with Gasteiger partial charge in [-0.15, -0.1) is 35.3 Å². The third-order valence-electron chi connectivity index (χ3n) is 3.25. The summed E-state index contributed by atoms with van der Waals surface area (Å²) in [5, 5.41) is 6.43. The lowest BCUT2D eigenvalue weighted by Gasteiger charge is -2.19. The van der Waals surface area contributed by atoms with E-state index in [9.17, 15) is 0 Å². The highest BCUT2D eigenvalue weighted by molar-refractivity contribution is 8.17. The van der Waals surface area contributed by atoms with E-state index >= 15 is 0 Å². The summed E-state index contributed by atoms with van der Waals surface area (Å²) < 4.78 is 0.558. The first-order valence-corrected chi connectivity index (χ1v) is 9.60. The van der Waals surface area contributed by atoms with Gasteiger partial charge in [-0.05, 0) is 5.56 Å². The van der Waals surface area contributed by atoms with Crippen molar-refractivity contribution in [2.75, 3.05) is 24.4 Å². The smallest absolute Gasteiger partial charge is 0.116 e. The number of hydrogen-bond donors (Lipinski definition) is 2. The molecule has 1 aromatic carbocycles. The Hall–Kier alpha value is 0.150. The molecule has 6 heteroatoms. The summed E-state index contributed by atoms with van der Waals surface area (Å²) in [6.07, 6.45) is 0. The number of benzene rings is 1. The number of thioether (sulfide) groups is 3. The van der Waals surface area contributed by atoms with Crippen molar-refractivity contribution < 1.29 is 0 Å². The molecule has 0 saturated carbocycles. The molecule has 0 bridgehead atoms. The van der Waals surface area contributed by atoms with Crippen molar-refractivity contribution >= 4 is 35.3 Å². The second-order valence-electron chi connectivity index (χ2n) is 4.71. The molecular weight excluding hydrogens is 294 g/mol. The van der Waals surface area contributed by atoms with Crippen molar-refractivity contribution in [3.05, 3.63) is 35.9 Å². The summed E-state index contributed by atoms with van der Waals surface area (Å²) in [5.74, 6) is 3.43. The van der Waals surface area contributed by atoms with E-state index in [-0.39, 0.29) is 0 Å². The Morgan fingerprint density at radius 2 is 2.16 bits per heavy atom. The van der Waals surface area contributed by atoms with E-state index < -0.39 is 0 Å². The summed E-state index contributed by atoms with van der Waals surface area (Å²) >= 11 is 6.04. The highest BCUT2D eigenvalue weighted by Gasteiger charge is 2.28. The van der Waals surface area contributed by atoms with Gasteiger partial charge in [0.1, 0.15) is 4.71 Å². The van der Waals surface area contributed by atoms with Crippen LogP contribution in [0.25, 0.3) is 0 Å². The van der Waals surface area contributed by atoms with Crippen LogP contribution >= 0.6 is 35.3 Å². The predicted octanol–water partition coefficient (Wildman–Crippen LogP) is 2.55. The zero-order chi connectivity index (χ0) is 13.1.